The molecular weight excluding hydrogens is 290 g/mol. The van der Waals surface area contributed by atoms with Crippen molar-refractivity contribution in [3.05, 3.63) is 0 Å². The fourth-order valence-electron chi connectivity index (χ4n) is 1.46. The van der Waals surface area contributed by atoms with Gasteiger partial charge in [-0.25, -0.2) is 4.79 Å². The molecular formula is C15H29NO6. The van der Waals surface area contributed by atoms with E-state index in [1.807, 2.05) is 13.8 Å². The van der Waals surface area contributed by atoms with E-state index in [1.54, 1.807) is 20.8 Å². The van der Waals surface area contributed by atoms with E-state index in [4.69, 9.17) is 14.9 Å². The van der Waals surface area contributed by atoms with Crippen LogP contribution in [0.25, 0.3) is 0 Å². The van der Waals surface area contributed by atoms with E-state index in [0.717, 1.165) is 0 Å². The van der Waals surface area contributed by atoms with Crippen molar-refractivity contribution in [2.45, 2.75) is 65.9 Å². The van der Waals surface area contributed by atoms with Crippen LogP contribution >= 0.6 is 0 Å². The molecule has 0 aliphatic carbocycles. The molecule has 0 unspecified atom stereocenters. The minimum Gasteiger partial charge on any atom is -0.481 e. The second kappa shape index (κ2) is 11.8. The molecule has 0 saturated heterocycles. The molecule has 0 heterocycles. The Hall–Kier alpha value is -1.79. The van der Waals surface area contributed by atoms with Crippen LogP contribution in [0.1, 0.15) is 60.3 Å². The molecule has 0 radical (unpaired) electrons. The topological polar surface area (TPSA) is 104 Å². The Labute approximate surface area is 132 Å². The van der Waals surface area contributed by atoms with Crippen molar-refractivity contribution in [3.8, 4) is 0 Å². The molecule has 0 rings (SSSR count). The highest BCUT2D eigenvalue weighted by Crippen LogP contribution is 2.11. The van der Waals surface area contributed by atoms with Crippen molar-refractivity contribution in [1.82, 2.24) is 4.90 Å². The fourth-order valence-corrected chi connectivity index (χ4v) is 1.46. The highest BCUT2D eigenvalue weighted by atomic mass is 16.6. The van der Waals surface area contributed by atoms with Crippen molar-refractivity contribution in [3.63, 3.8) is 0 Å². The molecule has 7 heteroatoms. The lowest BCUT2D eigenvalue weighted by molar-refractivity contribution is -0.138. The zero-order valence-electron chi connectivity index (χ0n) is 14.2. The lowest BCUT2D eigenvalue weighted by Gasteiger charge is -2.27. The van der Waals surface area contributed by atoms with Gasteiger partial charge in [-0.05, 0) is 33.6 Å². The molecule has 0 atom stereocenters. The largest absolute Gasteiger partial charge is 0.481 e. The summed E-state index contributed by atoms with van der Waals surface area (Å²) >= 11 is 0. The molecule has 130 valence electrons. The van der Waals surface area contributed by atoms with E-state index in [1.165, 1.54) is 4.90 Å². The average molecular weight is 319 g/mol. The van der Waals surface area contributed by atoms with Crippen LogP contribution in [0, 0.1) is 0 Å². The van der Waals surface area contributed by atoms with E-state index in [0.29, 0.717) is 12.8 Å². The molecule has 0 fully saturated rings. The van der Waals surface area contributed by atoms with Crippen LogP contribution in [0.15, 0.2) is 0 Å². The first-order chi connectivity index (χ1) is 10.1. The van der Waals surface area contributed by atoms with Crippen molar-refractivity contribution >= 4 is 18.0 Å². The minimum absolute atomic E-state index is 0.0434. The molecule has 0 aromatic heterocycles. The first-order valence-electron chi connectivity index (χ1n) is 7.53. The number of carbonyl (C=O) groups is 3. The predicted octanol–water partition coefficient (Wildman–Crippen LogP) is 2.98. The molecule has 0 bridgehead atoms. The smallest absolute Gasteiger partial charge is 0.410 e. The van der Waals surface area contributed by atoms with Gasteiger partial charge in [0.05, 0.1) is 0 Å². The Morgan fingerprint density at radius 1 is 0.909 bits per heavy atom. The summed E-state index contributed by atoms with van der Waals surface area (Å²) in [5, 5.41) is 17.2. The van der Waals surface area contributed by atoms with Gasteiger partial charge in [0.15, 0.2) is 0 Å². The summed E-state index contributed by atoms with van der Waals surface area (Å²) in [5.41, 5.74) is -0.644. The van der Waals surface area contributed by atoms with E-state index in [2.05, 4.69) is 0 Å². The number of hydrogen-bond acceptors (Lipinski definition) is 4. The van der Waals surface area contributed by atoms with Crippen molar-refractivity contribution in [2.24, 2.45) is 0 Å². The number of carboxylic acid groups (broad SMARTS) is 2. The zero-order chi connectivity index (χ0) is 17.8. The van der Waals surface area contributed by atoms with Crippen molar-refractivity contribution < 1.29 is 29.3 Å². The number of rotatable bonds is 8. The Balaban J connectivity index is 0. The maximum Gasteiger partial charge on any atom is 0.410 e. The second-order valence-electron chi connectivity index (χ2n) is 5.46. The number of aliphatic carboxylic acids is 2. The zero-order valence-corrected chi connectivity index (χ0v) is 14.2. The van der Waals surface area contributed by atoms with Crippen LogP contribution in [0.2, 0.25) is 0 Å². The van der Waals surface area contributed by atoms with Gasteiger partial charge in [0.25, 0.3) is 0 Å². The first-order valence-corrected chi connectivity index (χ1v) is 7.53. The molecule has 0 spiro atoms. The number of hydrogen-bond donors (Lipinski definition) is 2. The first kappa shape index (κ1) is 22.5. The molecule has 0 saturated carbocycles. The Kier molecular flexibility index (Phi) is 12.1. The highest BCUT2D eigenvalue weighted by Gasteiger charge is 2.22. The van der Waals surface area contributed by atoms with Gasteiger partial charge in [0.2, 0.25) is 0 Å². The lowest BCUT2D eigenvalue weighted by atomic mass is 10.2. The third-order valence-electron chi connectivity index (χ3n) is 2.29. The van der Waals surface area contributed by atoms with Crippen LogP contribution in [-0.2, 0) is 14.3 Å². The second-order valence-corrected chi connectivity index (χ2v) is 5.46. The van der Waals surface area contributed by atoms with Crippen LogP contribution in [0.3, 0.4) is 0 Å². The standard InChI is InChI=1S/C13H23NO6.C2H6/c1-13(2,3)20-12(19)14(8-4-6-10(15)16)9-5-7-11(17)18;1-2/h4-9H2,1-3H3,(H,15,16)(H,17,18);1-2H3. The molecule has 7 nitrogen and oxygen atoms in total. The SMILES string of the molecule is CC.CC(C)(C)OC(=O)N(CCCC(=O)O)CCCC(=O)O. The summed E-state index contributed by atoms with van der Waals surface area (Å²) in [5.74, 6) is -1.86. The Bertz CT molecular complexity index is 328. The molecule has 2 N–H and O–H groups in total. The van der Waals surface area contributed by atoms with Crippen LogP contribution in [0.4, 0.5) is 4.79 Å². The Morgan fingerprint density at radius 3 is 1.55 bits per heavy atom. The minimum atomic E-state index is -0.931. The van der Waals surface area contributed by atoms with Crippen molar-refractivity contribution in [2.75, 3.05) is 13.1 Å². The number of nitrogens with zero attached hydrogens (tertiary/aromatic N) is 1. The van der Waals surface area contributed by atoms with Gasteiger partial charge < -0.3 is 19.8 Å². The lowest BCUT2D eigenvalue weighted by Crippen LogP contribution is -2.38. The summed E-state index contributed by atoms with van der Waals surface area (Å²) in [4.78, 5) is 34.2. The van der Waals surface area contributed by atoms with Crippen LogP contribution in [0.5, 0.6) is 0 Å². The van der Waals surface area contributed by atoms with E-state index < -0.39 is 23.6 Å². The van der Waals surface area contributed by atoms with Gasteiger partial charge in [0, 0.05) is 25.9 Å². The summed E-state index contributed by atoms with van der Waals surface area (Å²) in [7, 11) is 0. The molecule has 0 aliphatic heterocycles. The monoisotopic (exact) mass is 319 g/mol. The molecule has 0 aromatic carbocycles. The molecule has 0 aromatic rings. The summed E-state index contributed by atoms with van der Waals surface area (Å²) < 4.78 is 5.21. The summed E-state index contributed by atoms with van der Waals surface area (Å²) in [6, 6.07) is 0. The van der Waals surface area contributed by atoms with Crippen LogP contribution < -0.4 is 0 Å². The normalized spacial score (nSPS) is 10.2. The maximum atomic E-state index is 11.9. The van der Waals surface area contributed by atoms with Gasteiger partial charge in [0.1, 0.15) is 5.60 Å². The number of carbonyl (C=O) groups excluding carboxylic acids is 1. The van der Waals surface area contributed by atoms with Crippen molar-refractivity contribution in [1.29, 1.82) is 0 Å². The van der Waals surface area contributed by atoms with Gasteiger partial charge in [-0.1, -0.05) is 13.8 Å². The van der Waals surface area contributed by atoms with Crippen LogP contribution in [-0.4, -0.2) is 51.8 Å². The van der Waals surface area contributed by atoms with E-state index in [-0.39, 0.29) is 25.9 Å². The molecule has 1 amide bonds. The highest BCUT2D eigenvalue weighted by molar-refractivity contribution is 5.69. The van der Waals surface area contributed by atoms with E-state index in [9.17, 15) is 14.4 Å². The van der Waals surface area contributed by atoms with Gasteiger partial charge in [-0.15, -0.1) is 0 Å². The molecule has 22 heavy (non-hydrogen) atoms. The average Bonchev–Trinajstić information content (AvgIpc) is 2.36. The number of carboxylic acids is 2. The third kappa shape index (κ3) is 14.6. The van der Waals surface area contributed by atoms with Gasteiger partial charge in [-0.2, -0.15) is 0 Å². The fraction of sp³-hybridized carbons (Fsp3) is 0.800. The van der Waals surface area contributed by atoms with E-state index >= 15 is 0 Å². The Morgan fingerprint density at radius 2 is 1.27 bits per heavy atom. The maximum absolute atomic E-state index is 11.9. The summed E-state index contributed by atoms with van der Waals surface area (Å²) in [6.07, 6.45) is -0.0204. The summed E-state index contributed by atoms with van der Waals surface area (Å²) in [6.45, 7) is 9.67. The van der Waals surface area contributed by atoms with Gasteiger partial charge in [-0.3, -0.25) is 9.59 Å². The van der Waals surface area contributed by atoms with Gasteiger partial charge >= 0.3 is 18.0 Å². The third-order valence-corrected chi connectivity index (χ3v) is 2.29. The molecule has 0 aliphatic rings. The quantitative estimate of drug-likeness (QED) is 0.712. The number of ether oxygens (including phenoxy) is 1. The number of amides is 1. The predicted molar refractivity (Wildman–Crippen MR) is 82.9 cm³/mol.